The van der Waals surface area contributed by atoms with Gasteiger partial charge in [-0.3, -0.25) is 4.79 Å². The van der Waals surface area contributed by atoms with Crippen LogP contribution >= 0.6 is 0 Å². The smallest absolute Gasteiger partial charge is 0.311 e. The lowest BCUT2D eigenvalue weighted by molar-refractivity contribution is -0.158. The lowest BCUT2D eigenvalue weighted by Crippen LogP contribution is -2.54. The summed E-state index contributed by atoms with van der Waals surface area (Å²) in [6.07, 6.45) is 0.819. The van der Waals surface area contributed by atoms with E-state index in [2.05, 4.69) is 5.16 Å². The molecule has 1 unspecified atom stereocenters. The van der Waals surface area contributed by atoms with Gasteiger partial charge in [-0.15, -0.1) is 0 Å². The van der Waals surface area contributed by atoms with E-state index in [1.165, 1.54) is 4.31 Å². The second-order valence-electron chi connectivity index (χ2n) is 9.22. The number of hydrogen-bond donors (Lipinski definition) is 1. The number of aliphatic carboxylic acids is 1. The minimum Gasteiger partial charge on any atom is -0.481 e. The molecule has 0 radical (unpaired) electrons. The molecule has 1 fully saturated rings. The van der Waals surface area contributed by atoms with Crippen LogP contribution in [0.1, 0.15) is 53.0 Å². The number of sulfonamides is 1. The normalized spacial score (nSPS) is 17.6. The van der Waals surface area contributed by atoms with Crippen LogP contribution in [0.25, 0.3) is 0 Å². The third kappa shape index (κ3) is 5.43. The van der Waals surface area contributed by atoms with Crippen molar-refractivity contribution < 1.29 is 23.2 Å². The SMILES string of the molecule is CC(C)C(CS(=O)(=O)N1CCC(=NOc2ccc(C#N)cc2)CC1)(C(=O)O)C(C)(C)C. The molecule has 0 aromatic heterocycles. The molecule has 0 spiro atoms. The van der Waals surface area contributed by atoms with Crippen molar-refractivity contribution in [1.82, 2.24) is 4.31 Å². The zero-order chi connectivity index (χ0) is 23.4. The molecule has 9 heteroatoms. The molecule has 0 aliphatic carbocycles. The van der Waals surface area contributed by atoms with Crippen molar-refractivity contribution in [1.29, 1.82) is 5.26 Å². The van der Waals surface area contributed by atoms with Crippen LogP contribution in [-0.4, -0.2) is 48.4 Å². The van der Waals surface area contributed by atoms with Gasteiger partial charge in [0, 0.05) is 25.9 Å². The highest BCUT2D eigenvalue weighted by Crippen LogP contribution is 2.46. The minimum absolute atomic E-state index is 0.232. The summed E-state index contributed by atoms with van der Waals surface area (Å²) < 4.78 is 27.7. The monoisotopic (exact) mass is 449 g/mol. The second-order valence-corrected chi connectivity index (χ2v) is 11.2. The van der Waals surface area contributed by atoms with Gasteiger partial charge >= 0.3 is 5.97 Å². The number of rotatable bonds is 7. The Bertz CT molecular complexity index is 962. The van der Waals surface area contributed by atoms with Gasteiger partial charge in [-0.05, 0) is 35.6 Å². The third-order valence-electron chi connectivity index (χ3n) is 6.07. The van der Waals surface area contributed by atoms with Crippen LogP contribution in [0.15, 0.2) is 29.4 Å². The largest absolute Gasteiger partial charge is 0.481 e. The quantitative estimate of drug-likeness (QED) is 0.636. The summed E-state index contributed by atoms with van der Waals surface area (Å²) in [7, 11) is -3.79. The van der Waals surface area contributed by atoms with Crippen LogP contribution in [0.3, 0.4) is 0 Å². The second kappa shape index (κ2) is 9.37. The lowest BCUT2D eigenvalue weighted by Gasteiger charge is -2.45. The van der Waals surface area contributed by atoms with Crippen molar-refractivity contribution in [2.75, 3.05) is 18.8 Å². The van der Waals surface area contributed by atoms with Crippen LogP contribution in [0, 0.1) is 28.1 Å². The molecule has 0 bridgehead atoms. The number of benzene rings is 1. The fourth-order valence-electron chi connectivity index (χ4n) is 4.08. The average Bonchev–Trinajstić information content (AvgIpc) is 2.69. The summed E-state index contributed by atoms with van der Waals surface area (Å²) in [6, 6.07) is 8.57. The van der Waals surface area contributed by atoms with E-state index in [0.717, 1.165) is 5.71 Å². The van der Waals surface area contributed by atoms with Crippen LogP contribution in [0.2, 0.25) is 0 Å². The Morgan fingerprint density at radius 1 is 1.23 bits per heavy atom. The van der Waals surface area contributed by atoms with Gasteiger partial charge in [0.2, 0.25) is 10.0 Å². The molecule has 8 nitrogen and oxygen atoms in total. The molecule has 1 aliphatic heterocycles. The molecule has 0 amide bonds. The van der Waals surface area contributed by atoms with Gasteiger partial charge in [0.25, 0.3) is 0 Å². The highest BCUT2D eigenvalue weighted by molar-refractivity contribution is 7.89. The van der Waals surface area contributed by atoms with E-state index in [9.17, 15) is 18.3 Å². The molecule has 1 atom stereocenters. The number of carboxylic acids is 1. The molecular formula is C22H31N3O5S. The van der Waals surface area contributed by atoms with Gasteiger partial charge < -0.3 is 9.94 Å². The van der Waals surface area contributed by atoms with Gasteiger partial charge in [0.1, 0.15) is 0 Å². The van der Waals surface area contributed by atoms with Gasteiger partial charge in [0.05, 0.1) is 28.5 Å². The van der Waals surface area contributed by atoms with Crippen molar-refractivity contribution in [3.8, 4) is 11.8 Å². The Kier molecular flexibility index (Phi) is 7.50. The first-order chi connectivity index (χ1) is 14.3. The number of carboxylic acid groups (broad SMARTS) is 1. The van der Waals surface area contributed by atoms with Crippen molar-refractivity contribution in [3.63, 3.8) is 0 Å². The van der Waals surface area contributed by atoms with E-state index < -0.39 is 32.6 Å². The Morgan fingerprint density at radius 3 is 2.19 bits per heavy atom. The Labute approximate surface area is 184 Å². The molecular weight excluding hydrogens is 418 g/mol. The van der Waals surface area contributed by atoms with Crippen molar-refractivity contribution >= 4 is 21.7 Å². The highest BCUT2D eigenvalue weighted by atomic mass is 32.2. The van der Waals surface area contributed by atoms with Crippen molar-refractivity contribution in [2.24, 2.45) is 21.9 Å². The molecule has 1 heterocycles. The molecule has 2 rings (SSSR count). The maximum absolute atomic E-state index is 13.2. The number of piperidine rings is 1. The van der Waals surface area contributed by atoms with Crippen LogP contribution in [0.5, 0.6) is 5.75 Å². The summed E-state index contributed by atoms with van der Waals surface area (Å²) >= 11 is 0. The molecule has 170 valence electrons. The first-order valence-corrected chi connectivity index (χ1v) is 11.9. The molecule has 1 aromatic carbocycles. The fraction of sp³-hybridized carbons (Fsp3) is 0.591. The van der Waals surface area contributed by atoms with Crippen LogP contribution in [0.4, 0.5) is 0 Å². The number of nitriles is 1. The summed E-state index contributed by atoms with van der Waals surface area (Å²) in [4.78, 5) is 17.6. The summed E-state index contributed by atoms with van der Waals surface area (Å²) in [5, 5.41) is 22.9. The summed E-state index contributed by atoms with van der Waals surface area (Å²) in [5.41, 5.74) is -0.886. The molecule has 31 heavy (non-hydrogen) atoms. The predicted octanol–water partition coefficient (Wildman–Crippen LogP) is 3.49. The van der Waals surface area contributed by atoms with Crippen molar-refractivity contribution in [3.05, 3.63) is 29.8 Å². The molecule has 1 aliphatic rings. The predicted molar refractivity (Wildman–Crippen MR) is 118 cm³/mol. The lowest BCUT2D eigenvalue weighted by atomic mass is 9.61. The van der Waals surface area contributed by atoms with Crippen LogP contribution < -0.4 is 4.84 Å². The molecule has 1 aromatic rings. The van der Waals surface area contributed by atoms with E-state index in [1.807, 2.05) is 6.07 Å². The van der Waals surface area contributed by atoms with Gasteiger partial charge in [0.15, 0.2) is 5.75 Å². The number of nitrogens with zero attached hydrogens (tertiary/aromatic N) is 3. The Hall–Kier alpha value is -2.44. The topological polar surface area (TPSA) is 120 Å². The summed E-state index contributed by atoms with van der Waals surface area (Å²) in [5.74, 6) is -1.39. The number of carbonyl (C=O) groups is 1. The van der Waals surface area contributed by atoms with E-state index in [1.54, 1.807) is 58.9 Å². The first kappa shape index (κ1) is 24.8. The van der Waals surface area contributed by atoms with Crippen molar-refractivity contribution in [2.45, 2.75) is 47.5 Å². The zero-order valence-electron chi connectivity index (χ0n) is 18.8. The van der Waals surface area contributed by atoms with E-state index >= 15 is 0 Å². The van der Waals surface area contributed by atoms with Gasteiger partial charge in [-0.1, -0.05) is 39.8 Å². The minimum atomic E-state index is -3.79. The average molecular weight is 450 g/mol. The van der Waals surface area contributed by atoms with Gasteiger partial charge in [-0.25, -0.2) is 12.7 Å². The Morgan fingerprint density at radius 2 is 1.77 bits per heavy atom. The maximum Gasteiger partial charge on any atom is 0.311 e. The van der Waals surface area contributed by atoms with Crippen LogP contribution in [-0.2, 0) is 14.8 Å². The molecule has 0 saturated carbocycles. The zero-order valence-corrected chi connectivity index (χ0v) is 19.6. The first-order valence-electron chi connectivity index (χ1n) is 10.3. The summed E-state index contributed by atoms with van der Waals surface area (Å²) in [6.45, 7) is 9.31. The standard InChI is InChI=1S/C22H31N3O5S/c1-16(2)22(20(26)27,21(3,4)5)15-31(28,29)25-12-10-18(11-13-25)24-30-19-8-6-17(14-23)7-9-19/h6-9,16H,10-13,15H2,1-5H3,(H,26,27). The molecule has 1 saturated heterocycles. The van der Waals surface area contributed by atoms with E-state index in [0.29, 0.717) is 24.2 Å². The Balaban J connectivity index is 2.09. The third-order valence-corrected chi connectivity index (χ3v) is 8.04. The van der Waals surface area contributed by atoms with Gasteiger partial charge in [-0.2, -0.15) is 5.26 Å². The number of oxime groups is 1. The molecule has 1 N–H and O–H groups in total. The maximum atomic E-state index is 13.2. The number of hydrogen-bond acceptors (Lipinski definition) is 6. The fourth-order valence-corrected chi connectivity index (χ4v) is 6.47. The van der Waals surface area contributed by atoms with E-state index in [-0.39, 0.29) is 19.0 Å². The van der Waals surface area contributed by atoms with E-state index in [4.69, 9.17) is 10.1 Å². The highest BCUT2D eigenvalue weighted by Gasteiger charge is 2.54.